The SMILES string of the molecule is O=C(c1ccc(F)cc1Br)N1CCC(N2CCNCC2)C1. The summed E-state index contributed by atoms with van der Waals surface area (Å²) in [6.45, 7) is 5.68. The molecule has 0 bridgehead atoms. The molecule has 21 heavy (non-hydrogen) atoms. The lowest BCUT2D eigenvalue weighted by atomic mass is 10.2. The molecule has 114 valence electrons. The van der Waals surface area contributed by atoms with Crippen LogP contribution in [0.2, 0.25) is 0 Å². The molecule has 6 heteroatoms. The Hall–Kier alpha value is -0.980. The van der Waals surface area contributed by atoms with Crippen LogP contribution < -0.4 is 5.32 Å². The van der Waals surface area contributed by atoms with Crippen molar-refractivity contribution in [2.75, 3.05) is 39.3 Å². The topological polar surface area (TPSA) is 35.6 Å². The minimum Gasteiger partial charge on any atom is -0.337 e. The van der Waals surface area contributed by atoms with Gasteiger partial charge in [-0.05, 0) is 40.5 Å². The second kappa shape index (κ2) is 6.42. The van der Waals surface area contributed by atoms with E-state index in [0.29, 0.717) is 16.1 Å². The van der Waals surface area contributed by atoms with Crippen molar-refractivity contribution in [1.82, 2.24) is 15.1 Å². The number of amides is 1. The highest BCUT2D eigenvalue weighted by molar-refractivity contribution is 9.10. The quantitative estimate of drug-likeness (QED) is 0.877. The van der Waals surface area contributed by atoms with E-state index in [0.717, 1.165) is 45.7 Å². The van der Waals surface area contributed by atoms with E-state index in [1.54, 1.807) is 6.07 Å². The van der Waals surface area contributed by atoms with E-state index in [2.05, 4.69) is 26.1 Å². The van der Waals surface area contributed by atoms with Gasteiger partial charge in [-0.25, -0.2) is 4.39 Å². The zero-order valence-corrected chi connectivity index (χ0v) is 13.4. The third-order valence-corrected chi connectivity index (χ3v) is 4.94. The van der Waals surface area contributed by atoms with E-state index >= 15 is 0 Å². The lowest BCUT2D eigenvalue weighted by Crippen LogP contribution is -2.49. The van der Waals surface area contributed by atoms with Crippen LogP contribution in [0.5, 0.6) is 0 Å². The molecule has 1 atom stereocenters. The lowest BCUT2D eigenvalue weighted by Gasteiger charge is -2.32. The molecular weight excluding hydrogens is 337 g/mol. The molecule has 1 N–H and O–H groups in total. The zero-order valence-electron chi connectivity index (χ0n) is 11.8. The normalized spacial score (nSPS) is 23.5. The number of hydrogen-bond donors (Lipinski definition) is 1. The zero-order chi connectivity index (χ0) is 14.8. The number of likely N-dealkylation sites (tertiary alicyclic amines) is 1. The number of hydrogen-bond acceptors (Lipinski definition) is 3. The summed E-state index contributed by atoms with van der Waals surface area (Å²) in [4.78, 5) is 16.9. The Morgan fingerprint density at radius 2 is 2.05 bits per heavy atom. The Bertz CT molecular complexity index is 534. The molecule has 0 aromatic heterocycles. The third kappa shape index (κ3) is 3.27. The van der Waals surface area contributed by atoms with Gasteiger partial charge in [-0.3, -0.25) is 9.69 Å². The van der Waals surface area contributed by atoms with Crippen LogP contribution >= 0.6 is 15.9 Å². The maximum absolute atomic E-state index is 13.1. The van der Waals surface area contributed by atoms with Gasteiger partial charge in [-0.15, -0.1) is 0 Å². The van der Waals surface area contributed by atoms with E-state index in [9.17, 15) is 9.18 Å². The first-order valence-corrected chi connectivity index (χ1v) is 8.13. The molecule has 2 aliphatic heterocycles. The maximum atomic E-state index is 13.1. The summed E-state index contributed by atoms with van der Waals surface area (Å²) in [5.74, 6) is -0.349. The fraction of sp³-hybridized carbons (Fsp3) is 0.533. The molecule has 1 unspecified atom stereocenters. The van der Waals surface area contributed by atoms with Gasteiger partial charge in [0, 0.05) is 49.8 Å². The number of benzene rings is 1. The monoisotopic (exact) mass is 355 g/mol. The van der Waals surface area contributed by atoms with Crippen molar-refractivity contribution in [3.8, 4) is 0 Å². The molecule has 2 heterocycles. The van der Waals surface area contributed by atoms with Crippen molar-refractivity contribution in [1.29, 1.82) is 0 Å². The molecule has 1 amide bonds. The van der Waals surface area contributed by atoms with E-state index in [-0.39, 0.29) is 11.7 Å². The number of nitrogens with zero attached hydrogens (tertiary/aromatic N) is 2. The van der Waals surface area contributed by atoms with Crippen molar-refractivity contribution in [2.24, 2.45) is 0 Å². The Labute approximate surface area is 132 Å². The van der Waals surface area contributed by atoms with Crippen molar-refractivity contribution in [3.63, 3.8) is 0 Å². The van der Waals surface area contributed by atoms with Crippen LogP contribution in [0, 0.1) is 5.82 Å². The fourth-order valence-corrected chi connectivity index (χ4v) is 3.63. The number of halogens is 2. The van der Waals surface area contributed by atoms with Crippen LogP contribution in [0.3, 0.4) is 0 Å². The second-order valence-corrected chi connectivity index (χ2v) is 6.46. The first kappa shape index (κ1) is 14.9. The lowest BCUT2D eigenvalue weighted by molar-refractivity contribution is 0.0772. The van der Waals surface area contributed by atoms with Gasteiger partial charge in [0.25, 0.3) is 5.91 Å². The summed E-state index contributed by atoms with van der Waals surface area (Å²) >= 11 is 3.28. The van der Waals surface area contributed by atoms with Crippen molar-refractivity contribution >= 4 is 21.8 Å². The van der Waals surface area contributed by atoms with Crippen LogP contribution in [-0.4, -0.2) is 61.0 Å². The third-order valence-electron chi connectivity index (χ3n) is 4.28. The minimum atomic E-state index is -0.335. The fourth-order valence-electron chi connectivity index (χ4n) is 3.10. The Morgan fingerprint density at radius 1 is 1.29 bits per heavy atom. The molecule has 1 aromatic carbocycles. The van der Waals surface area contributed by atoms with E-state index in [1.165, 1.54) is 12.1 Å². The molecule has 0 radical (unpaired) electrons. The standard InChI is InChI=1S/C15H19BrFN3O/c16-14-9-11(17)1-2-13(14)15(21)20-6-3-12(10-20)19-7-4-18-5-8-19/h1-2,9,12,18H,3-8,10H2. The van der Waals surface area contributed by atoms with Gasteiger partial charge in [-0.2, -0.15) is 0 Å². The highest BCUT2D eigenvalue weighted by Crippen LogP contribution is 2.23. The molecule has 0 aliphatic carbocycles. The van der Waals surface area contributed by atoms with E-state index in [4.69, 9.17) is 0 Å². The van der Waals surface area contributed by atoms with Gasteiger partial charge in [0.05, 0.1) is 5.56 Å². The largest absolute Gasteiger partial charge is 0.337 e. The molecule has 2 saturated heterocycles. The smallest absolute Gasteiger partial charge is 0.255 e. The van der Waals surface area contributed by atoms with Crippen molar-refractivity contribution < 1.29 is 9.18 Å². The maximum Gasteiger partial charge on any atom is 0.255 e. The summed E-state index contributed by atoms with van der Waals surface area (Å²) in [5, 5.41) is 3.35. The summed E-state index contributed by atoms with van der Waals surface area (Å²) in [5.41, 5.74) is 0.539. The highest BCUT2D eigenvalue weighted by atomic mass is 79.9. The van der Waals surface area contributed by atoms with Crippen molar-refractivity contribution in [3.05, 3.63) is 34.1 Å². The first-order valence-electron chi connectivity index (χ1n) is 7.34. The van der Waals surface area contributed by atoms with Gasteiger partial charge in [0.15, 0.2) is 0 Å². The molecule has 2 aliphatic rings. The Kier molecular flexibility index (Phi) is 4.57. The molecular formula is C15H19BrFN3O. The van der Waals surface area contributed by atoms with E-state index < -0.39 is 0 Å². The Morgan fingerprint density at radius 3 is 2.76 bits per heavy atom. The van der Waals surface area contributed by atoms with Gasteiger partial charge in [0.2, 0.25) is 0 Å². The van der Waals surface area contributed by atoms with Crippen molar-refractivity contribution in [2.45, 2.75) is 12.5 Å². The summed E-state index contributed by atoms with van der Waals surface area (Å²) in [6.07, 6.45) is 1.02. The van der Waals surface area contributed by atoms with Crippen LogP contribution in [0.4, 0.5) is 4.39 Å². The molecule has 0 spiro atoms. The molecule has 3 rings (SSSR count). The predicted molar refractivity (Wildman–Crippen MR) is 82.9 cm³/mol. The van der Waals surface area contributed by atoms with Crippen LogP contribution in [0.25, 0.3) is 0 Å². The van der Waals surface area contributed by atoms with E-state index in [1.807, 2.05) is 4.90 Å². The average Bonchev–Trinajstić information content (AvgIpc) is 2.97. The highest BCUT2D eigenvalue weighted by Gasteiger charge is 2.31. The Balaban J connectivity index is 1.66. The minimum absolute atomic E-state index is 0.0143. The van der Waals surface area contributed by atoms with Gasteiger partial charge in [0.1, 0.15) is 5.82 Å². The molecule has 1 aromatic rings. The molecule has 4 nitrogen and oxygen atoms in total. The number of rotatable bonds is 2. The second-order valence-electron chi connectivity index (χ2n) is 5.60. The first-order chi connectivity index (χ1) is 10.1. The summed E-state index contributed by atoms with van der Waals surface area (Å²) < 4.78 is 13.7. The van der Waals surface area contributed by atoms with Crippen LogP contribution in [0.1, 0.15) is 16.8 Å². The number of carbonyl (C=O) groups is 1. The predicted octanol–water partition coefficient (Wildman–Crippen LogP) is 1.71. The van der Waals surface area contributed by atoms with Crippen LogP contribution in [0.15, 0.2) is 22.7 Å². The summed E-state index contributed by atoms with van der Waals surface area (Å²) in [6, 6.07) is 4.69. The van der Waals surface area contributed by atoms with Gasteiger partial charge < -0.3 is 10.2 Å². The van der Waals surface area contributed by atoms with Gasteiger partial charge in [-0.1, -0.05) is 0 Å². The van der Waals surface area contributed by atoms with Crippen LogP contribution in [-0.2, 0) is 0 Å². The molecule has 2 fully saturated rings. The number of carbonyl (C=O) groups excluding carboxylic acids is 1. The molecule has 0 saturated carbocycles. The van der Waals surface area contributed by atoms with Gasteiger partial charge >= 0.3 is 0 Å². The average molecular weight is 356 g/mol. The summed E-state index contributed by atoms with van der Waals surface area (Å²) in [7, 11) is 0. The number of piperazine rings is 1. The number of nitrogens with one attached hydrogen (secondary N) is 1.